The van der Waals surface area contributed by atoms with E-state index >= 15 is 0 Å². The van der Waals surface area contributed by atoms with Crippen molar-refractivity contribution in [2.45, 2.75) is 13.3 Å². The Kier molecular flexibility index (Phi) is 3.70. The van der Waals surface area contributed by atoms with Crippen LogP contribution in [0.2, 0.25) is 10.0 Å². The predicted octanol–water partition coefficient (Wildman–Crippen LogP) is 4.13. The molecule has 0 radical (unpaired) electrons. The third-order valence-corrected chi connectivity index (χ3v) is 4.12. The minimum Gasteiger partial charge on any atom is -0.267 e. The maximum absolute atomic E-state index is 11.8. The summed E-state index contributed by atoms with van der Waals surface area (Å²) >= 11 is 12.0. The van der Waals surface area contributed by atoms with Crippen LogP contribution >= 0.6 is 23.2 Å². The van der Waals surface area contributed by atoms with Crippen molar-refractivity contribution in [1.82, 2.24) is 10.2 Å². The van der Waals surface area contributed by atoms with Crippen molar-refractivity contribution >= 4 is 34.0 Å². The first-order valence-corrected chi connectivity index (χ1v) is 7.22. The van der Waals surface area contributed by atoms with Crippen molar-refractivity contribution < 1.29 is 0 Å². The van der Waals surface area contributed by atoms with Crippen LogP contribution in [0.1, 0.15) is 16.8 Å². The largest absolute Gasteiger partial charge is 0.272 e. The number of hydrogen-bond acceptors (Lipinski definition) is 2. The Hall–Kier alpha value is -1.84. The standard InChI is InChI=1S/C16H12Cl2N2O/c1-9-2-4-11-12(6-9)15(19-20-16(11)21)8-10-3-5-13(17)14(18)7-10/h2-7H,8H2,1H3,(H,20,21). The van der Waals surface area contributed by atoms with E-state index in [2.05, 4.69) is 10.2 Å². The molecule has 0 amide bonds. The van der Waals surface area contributed by atoms with Crippen LogP contribution < -0.4 is 5.56 Å². The average Bonchev–Trinajstić information content (AvgIpc) is 2.46. The highest BCUT2D eigenvalue weighted by atomic mass is 35.5. The van der Waals surface area contributed by atoms with Crippen molar-refractivity contribution in [2.75, 3.05) is 0 Å². The Labute approximate surface area is 131 Å². The van der Waals surface area contributed by atoms with Gasteiger partial charge in [-0.15, -0.1) is 0 Å². The fourth-order valence-electron chi connectivity index (χ4n) is 2.31. The summed E-state index contributed by atoms with van der Waals surface area (Å²) < 4.78 is 0. The number of rotatable bonds is 2. The second-order valence-electron chi connectivity index (χ2n) is 4.97. The van der Waals surface area contributed by atoms with E-state index in [0.29, 0.717) is 21.9 Å². The highest BCUT2D eigenvalue weighted by Crippen LogP contribution is 2.25. The molecular formula is C16H12Cl2N2O. The van der Waals surface area contributed by atoms with Gasteiger partial charge in [0, 0.05) is 11.8 Å². The van der Waals surface area contributed by atoms with E-state index in [0.717, 1.165) is 22.2 Å². The molecule has 0 saturated carbocycles. The molecule has 21 heavy (non-hydrogen) atoms. The van der Waals surface area contributed by atoms with Crippen LogP contribution in [0.15, 0.2) is 41.2 Å². The molecule has 3 aromatic rings. The second-order valence-corrected chi connectivity index (χ2v) is 5.79. The van der Waals surface area contributed by atoms with Gasteiger partial charge in [-0.3, -0.25) is 4.79 Å². The quantitative estimate of drug-likeness (QED) is 0.772. The highest BCUT2D eigenvalue weighted by molar-refractivity contribution is 6.42. The Balaban J connectivity index is 2.12. The van der Waals surface area contributed by atoms with E-state index in [9.17, 15) is 4.79 Å². The number of aryl methyl sites for hydroxylation is 1. The number of benzene rings is 2. The molecule has 1 N–H and O–H groups in total. The number of fused-ring (bicyclic) bond motifs is 1. The van der Waals surface area contributed by atoms with Crippen molar-refractivity contribution in [3.05, 3.63) is 73.6 Å². The monoisotopic (exact) mass is 318 g/mol. The van der Waals surface area contributed by atoms with E-state index in [1.54, 1.807) is 6.07 Å². The lowest BCUT2D eigenvalue weighted by Gasteiger charge is -2.07. The maximum atomic E-state index is 11.8. The topological polar surface area (TPSA) is 45.8 Å². The van der Waals surface area contributed by atoms with Crippen LogP contribution in [-0.2, 0) is 6.42 Å². The van der Waals surface area contributed by atoms with E-state index < -0.39 is 0 Å². The average molecular weight is 319 g/mol. The van der Waals surface area contributed by atoms with Gasteiger partial charge in [0.2, 0.25) is 0 Å². The lowest BCUT2D eigenvalue weighted by Crippen LogP contribution is -2.11. The van der Waals surface area contributed by atoms with Gasteiger partial charge in [-0.25, -0.2) is 5.10 Å². The molecule has 0 aliphatic carbocycles. The molecule has 0 atom stereocenters. The van der Waals surface area contributed by atoms with Gasteiger partial charge in [-0.1, -0.05) is 40.9 Å². The zero-order valence-electron chi connectivity index (χ0n) is 11.3. The third kappa shape index (κ3) is 2.80. The molecule has 0 fully saturated rings. The zero-order chi connectivity index (χ0) is 15.0. The minimum atomic E-state index is -0.178. The van der Waals surface area contributed by atoms with Gasteiger partial charge in [-0.05, 0) is 36.8 Å². The van der Waals surface area contributed by atoms with Gasteiger partial charge in [0.25, 0.3) is 5.56 Å². The molecule has 0 saturated heterocycles. The van der Waals surface area contributed by atoms with Crippen LogP contribution in [0.4, 0.5) is 0 Å². The molecule has 3 rings (SSSR count). The Morgan fingerprint density at radius 1 is 1.05 bits per heavy atom. The molecule has 3 nitrogen and oxygen atoms in total. The molecule has 0 aliphatic rings. The number of halogens is 2. The summed E-state index contributed by atoms with van der Waals surface area (Å²) in [5, 5.41) is 9.27. The van der Waals surface area contributed by atoms with Crippen molar-refractivity contribution in [3.63, 3.8) is 0 Å². The summed E-state index contributed by atoms with van der Waals surface area (Å²) in [6.07, 6.45) is 0.577. The van der Waals surface area contributed by atoms with Gasteiger partial charge in [0.1, 0.15) is 0 Å². The Morgan fingerprint density at radius 2 is 1.86 bits per heavy atom. The number of aromatic amines is 1. The van der Waals surface area contributed by atoms with Crippen LogP contribution in [0.5, 0.6) is 0 Å². The lowest BCUT2D eigenvalue weighted by atomic mass is 10.0. The molecule has 1 heterocycles. The fraction of sp³-hybridized carbons (Fsp3) is 0.125. The first-order chi connectivity index (χ1) is 10.0. The molecule has 0 bridgehead atoms. The van der Waals surface area contributed by atoms with E-state index in [-0.39, 0.29) is 5.56 Å². The molecule has 0 spiro atoms. The highest BCUT2D eigenvalue weighted by Gasteiger charge is 2.08. The van der Waals surface area contributed by atoms with Crippen LogP contribution in [0.25, 0.3) is 10.8 Å². The number of nitrogens with one attached hydrogen (secondary N) is 1. The SMILES string of the molecule is Cc1ccc2c(=O)[nH]nc(Cc3ccc(Cl)c(Cl)c3)c2c1. The van der Waals surface area contributed by atoms with E-state index in [4.69, 9.17) is 23.2 Å². The molecule has 5 heteroatoms. The summed E-state index contributed by atoms with van der Waals surface area (Å²) in [6, 6.07) is 11.2. The van der Waals surface area contributed by atoms with Crippen molar-refractivity contribution in [2.24, 2.45) is 0 Å². The molecule has 2 aromatic carbocycles. The molecule has 0 aliphatic heterocycles. The predicted molar refractivity (Wildman–Crippen MR) is 86.4 cm³/mol. The summed E-state index contributed by atoms with van der Waals surface area (Å²) in [4.78, 5) is 11.8. The first-order valence-electron chi connectivity index (χ1n) is 6.46. The Morgan fingerprint density at radius 3 is 2.62 bits per heavy atom. The number of nitrogens with zero attached hydrogens (tertiary/aromatic N) is 1. The fourth-order valence-corrected chi connectivity index (χ4v) is 2.63. The summed E-state index contributed by atoms with van der Waals surface area (Å²) in [6.45, 7) is 1.99. The normalized spacial score (nSPS) is 11.0. The summed E-state index contributed by atoms with van der Waals surface area (Å²) in [5.41, 5.74) is 2.71. The smallest absolute Gasteiger partial charge is 0.267 e. The molecule has 1 aromatic heterocycles. The van der Waals surface area contributed by atoms with Crippen LogP contribution in [0, 0.1) is 6.92 Å². The number of H-pyrrole nitrogens is 1. The second kappa shape index (κ2) is 5.51. The van der Waals surface area contributed by atoms with E-state index in [1.807, 2.05) is 37.3 Å². The van der Waals surface area contributed by atoms with Gasteiger partial charge in [-0.2, -0.15) is 5.10 Å². The van der Waals surface area contributed by atoms with E-state index in [1.165, 1.54) is 0 Å². The maximum Gasteiger partial charge on any atom is 0.272 e. The molecular weight excluding hydrogens is 307 g/mol. The van der Waals surface area contributed by atoms with Gasteiger partial charge < -0.3 is 0 Å². The summed E-state index contributed by atoms with van der Waals surface area (Å²) in [5.74, 6) is 0. The van der Waals surface area contributed by atoms with Gasteiger partial charge in [0.05, 0.1) is 21.1 Å². The zero-order valence-corrected chi connectivity index (χ0v) is 12.8. The molecule has 0 unspecified atom stereocenters. The van der Waals surface area contributed by atoms with Crippen molar-refractivity contribution in [1.29, 1.82) is 0 Å². The van der Waals surface area contributed by atoms with Gasteiger partial charge >= 0.3 is 0 Å². The van der Waals surface area contributed by atoms with Gasteiger partial charge in [0.15, 0.2) is 0 Å². The first kappa shape index (κ1) is 14.1. The summed E-state index contributed by atoms with van der Waals surface area (Å²) in [7, 11) is 0. The van der Waals surface area contributed by atoms with Crippen molar-refractivity contribution in [3.8, 4) is 0 Å². The Bertz CT molecular complexity index is 887. The van der Waals surface area contributed by atoms with Crippen LogP contribution in [-0.4, -0.2) is 10.2 Å². The number of hydrogen-bond donors (Lipinski definition) is 1. The number of aromatic nitrogens is 2. The third-order valence-electron chi connectivity index (χ3n) is 3.38. The lowest BCUT2D eigenvalue weighted by molar-refractivity contribution is 0.934. The minimum absolute atomic E-state index is 0.178. The van der Waals surface area contributed by atoms with Crippen LogP contribution in [0.3, 0.4) is 0 Å². The molecule has 106 valence electrons.